The number of hydrogen-bond acceptors (Lipinski definition) is 2. The summed E-state index contributed by atoms with van der Waals surface area (Å²) >= 11 is 17.8. The summed E-state index contributed by atoms with van der Waals surface area (Å²) in [7, 11) is 0. The molecule has 0 aliphatic heterocycles. The maximum atomic E-state index is 8.72. The Bertz CT molecular complexity index is 340. The van der Waals surface area contributed by atoms with Crippen molar-refractivity contribution in [2.45, 2.75) is 8.02 Å². The molecule has 1 nitrogen and oxygen atoms in total. The van der Waals surface area contributed by atoms with E-state index in [9.17, 15) is 0 Å². The monoisotopic (exact) mass is 251 g/mol. The smallest absolute Gasteiger partial charge is 0.192 e. The Kier molecular flexibility index (Phi) is 3.75. The predicted molar refractivity (Wildman–Crippen MR) is 57.3 cm³/mol. The van der Waals surface area contributed by atoms with Crippen LogP contribution in [0.5, 0.6) is 0 Å². The van der Waals surface area contributed by atoms with E-state index in [0.717, 1.165) is 11.8 Å². The van der Waals surface area contributed by atoms with Gasteiger partial charge in [-0.1, -0.05) is 58.7 Å². The van der Waals surface area contributed by atoms with Crippen molar-refractivity contribution in [2.75, 3.05) is 0 Å². The Balaban J connectivity index is 2.96. The van der Waals surface area contributed by atoms with Crippen LogP contribution in [0.1, 0.15) is 5.56 Å². The Morgan fingerprint density at radius 1 is 1.23 bits per heavy atom. The fourth-order valence-electron chi connectivity index (χ4n) is 0.773. The summed E-state index contributed by atoms with van der Waals surface area (Å²) in [4.78, 5) is 0.671. The standard InChI is InChI=1S/C8H4Cl3NS/c9-8(10,11)13-7-4-2-1-3-6(7)5-12/h1-4H. The average Bonchev–Trinajstić information content (AvgIpc) is 2.02. The molecule has 0 heterocycles. The predicted octanol–water partition coefficient (Wildman–Crippen LogP) is 3.98. The van der Waals surface area contributed by atoms with Crippen LogP contribution in [-0.2, 0) is 0 Å². The zero-order chi connectivity index (χ0) is 9.90. The lowest BCUT2D eigenvalue weighted by molar-refractivity contribution is 1.36. The van der Waals surface area contributed by atoms with E-state index in [1.165, 1.54) is 0 Å². The summed E-state index contributed by atoms with van der Waals surface area (Å²) in [5.41, 5.74) is 0.513. The van der Waals surface area contributed by atoms with Crippen molar-refractivity contribution in [2.24, 2.45) is 0 Å². The lowest BCUT2D eigenvalue weighted by Crippen LogP contribution is -1.94. The lowest BCUT2D eigenvalue weighted by atomic mass is 10.2. The second-order valence-electron chi connectivity index (χ2n) is 2.16. The van der Waals surface area contributed by atoms with Crippen LogP contribution in [0.25, 0.3) is 0 Å². The SMILES string of the molecule is N#Cc1ccccc1SC(Cl)(Cl)Cl. The molecule has 1 aromatic rings. The summed E-state index contributed by atoms with van der Waals surface area (Å²) in [6.07, 6.45) is 0. The molecular formula is C8H4Cl3NS. The van der Waals surface area contributed by atoms with E-state index >= 15 is 0 Å². The third kappa shape index (κ3) is 3.66. The minimum Gasteiger partial charge on any atom is -0.192 e. The molecule has 0 saturated carbocycles. The van der Waals surface area contributed by atoms with Crippen LogP contribution >= 0.6 is 46.6 Å². The van der Waals surface area contributed by atoms with Crippen LogP contribution in [0.15, 0.2) is 29.2 Å². The largest absolute Gasteiger partial charge is 0.241 e. The summed E-state index contributed by atoms with van der Waals surface area (Å²) < 4.78 is -1.42. The first-order chi connectivity index (χ1) is 6.03. The molecule has 0 N–H and O–H groups in total. The van der Waals surface area contributed by atoms with Crippen LogP contribution in [0, 0.1) is 11.3 Å². The van der Waals surface area contributed by atoms with Gasteiger partial charge in [-0.25, -0.2) is 0 Å². The van der Waals surface area contributed by atoms with E-state index in [4.69, 9.17) is 40.1 Å². The fourth-order valence-corrected chi connectivity index (χ4v) is 2.14. The van der Waals surface area contributed by atoms with Crippen molar-refractivity contribution in [1.29, 1.82) is 5.26 Å². The molecule has 0 saturated heterocycles. The van der Waals surface area contributed by atoms with Crippen molar-refractivity contribution in [3.8, 4) is 6.07 Å². The van der Waals surface area contributed by atoms with Gasteiger partial charge in [0.2, 0.25) is 3.12 Å². The second-order valence-corrected chi connectivity index (χ2v) is 6.37. The molecule has 1 rings (SSSR count). The van der Waals surface area contributed by atoms with Crippen molar-refractivity contribution < 1.29 is 0 Å². The third-order valence-corrected chi connectivity index (χ3v) is 2.73. The number of nitrogens with zero attached hydrogens (tertiary/aromatic N) is 1. The van der Waals surface area contributed by atoms with E-state index in [0.29, 0.717) is 10.5 Å². The highest BCUT2D eigenvalue weighted by molar-refractivity contribution is 8.04. The van der Waals surface area contributed by atoms with Gasteiger partial charge in [-0.2, -0.15) is 5.26 Å². The van der Waals surface area contributed by atoms with Crippen LogP contribution < -0.4 is 0 Å². The molecule has 0 bridgehead atoms. The number of hydrogen-bond donors (Lipinski definition) is 0. The van der Waals surface area contributed by atoms with Gasteiger partial charge in [-0.15, -0.1) is 0 Å². The quantitative estimate of drug-likeness (QED) is 0.558. The van der Waals surface area contributed by atoms with Crippen LogP contribution in [-0.4, -0.2) is 3.12 Å². The van der Waals surface area contributed by atoms with E-state index in [1.54, 1.807) is 24.3 Å². The zero-order valence-corrected chi connectivity index (χ0v) is 9.38. The van der Waals surface area contributed by atoms with E-state index in [1.807, 2.05) is 6.07 Å². The summed E-state index contributed by atoms with van der Waals surface area (Å²) in [5.74, 6) is 0. The number of halogens is 3. The van der Waals surface area contributed by atoms with E-state index in [-0.39, 0.29) is 0 Å². The topological polar surface area (TPSA) is 23.8 Å². The van der Waals surface area contributed by atoms with Crippen LogP contribution in [0.4, 0.5) is 0 Å². The van der Waals surface area contributed by atoms with Gasteiger partial charge in [-0.05, 0) is 12.1 Å². The minimum atomic E-state index is -1.42. The molecule has 0 aliphatic carbocycles. The van der Waals surface area contributed by atoms with E-state index in [2.05, 4.69) is 0 Å². The number of thioether (sulfide) groups is 1. The zero-order valence-electron chi connectivity index (χ0n) is 6.30. The van der Waals surface area contributed by atoms with Crippen molar-refractivity contribution in [3.63, 3.8) is 0 Å². The van der Waals surface area contributed by atoms with Gasteiger partial charge in [0.05, 0.1) is 5.56 Å². The molecule has 0 atom stereocenters. The van der Waals surface area contributed by atoms with Gasteiger partial charge in [0.25, 0.3) is 0 Å². The molecule has 13 heavy (non-hydrogen) atoms. The number of nitriles is 1. The highest BCUT2D eigenvalue weighted by atomic mass is 35.6. The first-order valence-electron chi connectivity index (χ1n) is 3.28. The Hall–Kier alpha value is -0.0700. The highest BCUT2D eigenvalue weighted by Crippen LogP contribution is 2.44. The van der Waals surface area contributed by atoms with Crippen molar-refractivity contribution in [1.82, 2.24) is 0 Å². The molecule has 5 heteroatoms. The normalized spacial score (nSPS) is 10.9. The van der Waals surface area contributed by atoms with Gasteiger partial charge in [0.1, 0.15) is 6.07 Å². The first-order valence-corrected chi connectivity index (χ1v) is 5.23. The van der Waals surface area contributed by atoms with Gasteiger partial charge < -0.3 is 0 Å². The minimum absolute atomic E-state index is 0.513. The Morgan fingerprint density at radius 3 is 2.38 bits per heavy atom. The fraction of sp³-hybridized carbons (Fsp3) is 0.125. The maximum Gasteiger partial charge on any atom is 0.241 e. The van der Waals surface area contributed by atoms with Gasteiger partial charge in [-0.3, -0.25) is 0 Å². The summed E-state index contributed by atoms with van der Waals surface area (Å²) in [5, 5.41) is 8.72. The molecule has 0 spiro atoms. The number of alkyl halides is 3. The second kappa shape index (κ2) is 4.43. The van der Waals surface area contributed by atoms with Gasteiger partial charge in [0.15, 0.2) is 0 Å². The molecule has 0 amide bonds. The Morgan fingerprint density at radius 2 is 1.85 bits per heavy atom. The molecule has 0 aromatic heterocycles. The molecule has 1 aromatic carbocycles. The van der Waals surface area contributed by atoms with E-state index < -0.39 is 3.12 Å². The molecule has 0 fully saturated rings. The lowest BCUT2D eigenvalue weighted by Gasteiger charge is -2.10. The van der Waals surface area contributed by atoms with Gasteiger partial charge >= 0.3 is 0 Å². The number of rotatable bonds is 1. The van der Waals surface area contributed by atoms with Gasteiger partial charge in [0, 0.05) is 4.90 Å². The maximum absolute atomic E-state index is 8.72. The summed E-state index contributed by atoms with van der Waals surface area (Å²) in [6, 6.07) is 9.00. The van der Waals surface area contributed by atoms with Crippen LogP contribution in [0.2, 0.25) is 0 Å². The van der Waals surface area contributed by atoms with Crippen LogP contribution in [0.3, 0.4) is 0 Å². The average molecular weight is 253 g/mol. The highest BCUT2D eigenvalue weighted by Gasteiger charge is 2.22. The Labute approximate surface area is 95.6 Å². The molecule has 68 valence electrons. The molecule has 0 radical (unpaired) electrons. The van der Waals surface area contributed by atoms with Crippen molar-refractivity contribution in [3.05, 3.63) is 29.8 Å². The summed E-state index contributed by atoms with van der Waals surface area (Å²) in [6.45, 7) is 0. The number of benzene rings is 1. The molecule has 0 aliphatic rings. The molecule has 0 unspecified atom stereocenters. The third-order valence-electron chi connectivity index (χ3n) is 1.23. The van der Waals surface area contributed by atoms with Crippen molar-refractivity contribution >= 4 is 46.6 Å². The first kappa shape index (κ1) is 11.0. The molecular weight excluding hydrogens is 249 g/mol.